The summed E-state index contributed by atoms with van der Waals surface area (Å²) in [6, 6.07) is 0. The molecule has 0 heterocycles. The monoisotopic (exact) mass is 164 g/mol. The van der Waals surface area contributed by atoms with Crippen LogP contribution in [0.2, 0.25) is 0 Å². The summed E-state index contributed by atoms with van der Waals surface area (Å²) in [5.74, 6) is -1.36. The molecule has 0 amide bonds. The maximum absolute atomic E-state index is 10.4. The molecule has 3 atom stereocenters. The van der Waals surface area contributed by atoms with Crippen LogP contribution in [-0.2, 0) is 4.79 Å². The first kappa shape index (κ1) is 8.49. The van der Waals surface area contributed by atoms with E-state index in [0.29, 0.717) is 12.8 Å². The molecule has 3 N–H and O–H groups in total. The lowest BCUT2D eigenvalue weighted by Gasteiger charge is -2.27. The topological polar surface area (TPSA) is 77.8 Å². The molecular formula is C7H12O4. The first-order chi connectivity index (χ1) is 5.11. The summed E-state index contributed by atoms with van der Waals surface area (Å²) in [6.07, 6.45) is -0.558. The minimum atomic E-state index is -0.879. The fraction of sp³-hybridized carbons (Fsp3) is 0.857. The second-order valence-electron chi connectivity index (χ2n) is 2.98. The third kappa shape index (κ3) is 1.91. The molecule has 0 aromatic carbocycles. The van der Waals surface area contributed by atoms with Gasteiger partial charge in [-0.1, -0.05) is 0 Å². The Morgan fingerprint density at radius 1 is 1.36 bits per heavy atom. The number of carbonyl (C=O) groups is 1. The van der Waals surface area contributed by atoms with E-state index in [0.717, 1.165) is 0 Å². The van der Waals surface area contributed by atoms with E-state index in [1.807, 2.05) is 0 Å². The Bertz CT molecular complexity index is 157. The van der Waals surface area contributed by atoms with Crippen molar-refractivity contribution in [1.29, 1.82) is 0 Å². The Morgan fingerprint density at radius 3 is 2.45 bits per heavy atom. The van der Waals surface area contributed by atoms with Crippen molar-refractivity contribution in [2.75, 3.05) is 0 Å². The van der Waals surface area contributed by atoms with Crippen molar-refractivity contribution in [1.82, 2.24) is 0 Å². The quantitative estimate of drug-likeness (QED) is 0.492. The standard InChI is InChI=1S/C7H12O4/c8-5-2-1-4(7(10)11)3-6(5)9/h4-6,8-9H,1-3H2,(H,10,11)/t4-,5-,6-/m1/s1/i4+2,7+2. The van der Waals surface area contributed by atoms with Gasteiger partial charge in [-0.25, -0.2) is 0 Å². The van der Waals surface area contributed by atoms with E-state index in [9.17, 15) is 4.79 Å². The summed E-state index contributed by atoms with van der Waals surface area (Å²) >= 11 is 0. The van der Waals surface area contributed by atoms with Crippen LogP contribution in [0.4, 0.5) is 0 Å². The van der Waals surface area contributed by atoms with Crippen molar-refractivity contribution in [2.45, 2.75) is 31.5 Å². The Balaban J connectivity index is 2.46. The fourth-order valence-electron chi connectivity index (χ4n) is 1.36. The fourth-order valence-corrected chi connectivity index (χ4v) is 1.36. The van der Waals surface area contributed by atoms with Crippen molar-refractivity contribution in [3.63, 3.8) is 0 Å². The van der Waals surface area contributed by atoms with Crippen LogP contribution >= 0.6 is 0 Å². The molecular weight excluding hydrogens is 152 g/mol. The molecule has 0 unspecified atom stereocenters. The zero-order valence-corrected chi connectivity index (χ0v) is 6.10. The number of aliphatic carboxylic acids is 1. The summed E-state index contributed by atoms with van der Waals surface area (Å²) in [4.78, 5) is 10.4. The number of aliphatic hydroxyl groups excluding tert-OH is 2. The number of carboxylic acids is 1. The van der Waals surface area contributed by atoms with Crippen LogP contribution < -0.4 is 0 Å². The molecule has 0 aliphatic heterocycles. The lowest BCUT2D eigenvalue weighted by molar-refractivity contribution is -0.146. The predicted octanol–water partition coefficient (Wildman–Crippen LogP) is -0.407. The van der Waals surface area contributed by atoms with Gasteiger partial charge in [0.1, 0.15) is 0 Å². The van der Waals surface area contributed by atoms with Crippen molar-refractivity contribution < 1.29 is 20.1 Å². The Morgan fingerprint density at radius 2 is 2.00 bits per heavy atom. The summed E-state index contributed by atoms with van der Waals surface area (Å²) in [5.41, 5.74) is 0. The average Bonchev–Trinajstić information content (AvgIpc) is 1.94. The van der Waals surface area contributed by atoms with Gasteiger partial charge in [0.05, 0.1) is 18.1 Å². The molecule has 64 valence electrons. The highest BCUT2D eigenvalue weighted by Crippen LogP contribution is 2.24. The molecule has 1 aliphatic carbocycles. The number of carboxylic acid groups (broad SMARTS) is 1. The van der Waals surface area contributed by atoms with Gasteiger partial charge in [0.25, 0.3) is 0 Å². The molecule has 11 heavy (non-hydrogen) atoms. The van der Waals surface area contributed by atoms with Crippen LogP contribution in [0.1, 0.15) is 19.3 Å². The van der Waals surface area contributed by atoms with Gasteiger partial charge < -0.3 is 15.3 Å². The van der Waals surface area contributed by atoms with Gasteiger partial charge in [0, 0.05) is 0 Å². The molecule has 1 saturated carbocycles. The number of hydrogen-bond donors (Lipinski definition) is 3. The number of rotatable bonds is 1. The van der Waals surface area contributed by atoms with Crippen LogP contribution in [0.15, 0.2) is 0 Å². The largest absolute Gasteiger partial charge is 0.481 e. The molecule has 0 aromatic heterocycles. The second-order valence-corrected chi connectivity index (χ2v) is 2.98. The van der Waals surface area contributed by atoms with Crippen molar-refractivity contribution in [2.24, 2.45) is 5.92 Å². The maximum Gasteiger partial charge on any atom is 0.306 e. The van der Waals surface area contributed by atoms with Gasteiger partial charge >= 0.3 is 5.97 Å². The second kappa shape index (κ2) is 3.19. The highest BCUT2D eigenvalue weighted by molar-refractivity contribution is 5.70. The first-order valence-corrected chi connectivity index (χ1v) is 3.70. The Kier molecular flexibility index (Phi) is 2.46. The lowest BCUT2D eigenvalue weighted by atomic mass is 10.1. The predicted molar refractivity (Wildman–Crippen MR) is 37.0 cm³/mol. The molecule has 1 rings (SSSR count). The maximum atomic E-state index is 10.4. The van der Waals surface area contributed by atoms with Crippen LogP contribution in [0.5, 0.6) is 0 Å². The highest BCUT2D eigenvalue weighted by atomic mass is 16.7. The van der Waals surface area contributed by atoms with Gasteiger partial charge in [-0.2, -0.15) is 0 Å². The number of hydrogen-bond acceptors (Lipinski definition) is 3. The molecule has 0 bridgehead atoms. The summed E-state index contributed by atoms with van der Waals surface area (Å²) < 4.78 is 0. The van der Waals surface area contributed by atoms with Gasteiger partial charge in [0.15, 0.2) is 0 Å². The van der Waals surface area contributed by atoms with Crippen LogP contribution in [0, 0.1) is 5.92 Å². The van der Waals surface area contributed by atoms with E-state index < -0.39 is 24.1 Å². The number of aliphatic hydroxyl groups is 2. The van der Waals surface area contributed by atoms with Gasteiger partial charge in [-0.3, -0.25) is 4.79 Å². The summed E-state index contributed by atoms with van der Waals surface area (Å²) in [7, 11) is 0. The Labute approximate surface area is 64.5 Å². The van der Waals surface area contributed by atoms with E-state index in [1.165, 1.54) is 0 Å². The molecule has 1 aliphatic rings. The van der Waals surface area contributed by atoms with Gasteiger partial charge in [-0.05, 0) is 19.3 Å². The summed E-state index contributed by atoms with van der Waals surface area (Å²) in [6.45, 7) is 0. The van der Waals surface area contributed by atoms with Crippen LogP contribution in [0.25, 0.3) is 0 Å². The van der Waals surface area contributed by atoms with Crippen molar-refractivity contribution in [3.8, 4) is 0 Å². The first-order valence-electron chi connectivity index (χ1n) is 3.70. The van der Waals surface area contributed by atoms with E-state index in [-0.39, 0.29) is 6.42 Å². The molecule has 4 heteroatoms. The third-order valence-electron chi connectivity index (χ3n) is 2.13. The third-order valence-corrected chi connectivity index (χ3v) is 2.13. The zero-order valence-electron chi connectivity index (χ0n) is 6.10. The van der Waals surface area contributed by atoms with Gasteiger partial charge in [0.2, 0.25) is 0 Å². The average molecular weight is 164 g/mol. The molecule has 0 spiro atoms. The zero-order chi connectivity index (χ0) is 8.43. The smallest absolute Gasteiger partial charge is 0.306 e. The summed E-state index contributed by atoms with van der Waals surface area (Å²) in [5, 5.41) is 26.7. The minimum Gasteiger partial charge on any atom is -0.481 e. The Hall–Kier alpha value is -0.610. The molecule has 0 saturated heterocycles. The minimum absolute atomic E-state index is 0.177. The molecule has 4 nitrogen and oxygen atoms in total. The SMILES string of the molecule is O=[14C](O)[14C@@H]1CC[C@@H](O)[C@H](O)C1. The van der Waals surface area contributed by atoms with Crippen molar-refractivity contribution >= 4 is 5.97 Å². The van der Waals surface area contributed by atoms with E-state index in [4.69, 9.17) is 15.3 Å². The molecule has 1 fully saturated rings. The van der Waals surface area contributed by atoms with E-state index in [2.05, 4.69) is 0 Å². The van der Waals surface area contributed by atoms with E-state index in [1.54, 1.807) is 0 Å². The lowest BCUT2D eigenvalue weighted by Crippen LogP contribution is -2.36. The van der Waals surface area contributed by atoms with Crippen molar-refractivity contribution in [3.05, 3.63) is 0 Å². The molecule has 0 radical (unpaired) electrons. The van der Waals surface area contributed by atoms with Crippen LogP contribution in [0.3, 0.4) is 0 Å². The highest BCUT2D eigenvalue weighted by Gasteiger charge is 2.31. The normalized spacial score (nSPS) is 38.5. The molecule has 0 aromatic rings. The van der Waals surface area contributed by atoms with E-state index >= 15 is 0 Å². The van der Waals surface area contributed by atoms with Gasteiger partial charge in [-0.15, -0.1) is 0 Å². The van der Waals surface area contributed by atoms with Crippen LogP contribution in [-0.4, -0.2) is 33.5 Å².